The van der Waals surface area contributed by atoms with E-state index in [9.17, 15) is 4.55 Å². The van der Waals surface area contributed by atoms with Gasteiger partial charge in [-0.15, -0.1) is 0 Å². The van der Waals surface area contributed by atoms with Crippen molar-refractivity contribution >= 4 is 17.1 Å². The van der Waals surface area contributed by atoms with Crippen LogP contribution in [0, 0.1) is 0 Å². The van der Waals surface area contributed by atoms with Gasteiger partial charge in [0.25, 0.3) is 0 Å². The van der Waals surface area contributed by atoms with Crippen LogP contribution in [0.25, 0.3) is 0 Å². The summed E-state index contributed by atoms with van der Waals surface area (Å²) in [5.74, 6) is 1.27. The van der Waals surface area contributed by atoms with E-state index in [1.54, 1.807) is 7.11 Å². The molecular formula is C20H25NO3S. The van der Waals surface area contributed by atoms with Gasteiger partial charge in [0.05, 0.1) is 31.7 Å². The number of hydrogen-bond acceptors (Lipinski definition) is 4. The second kappa shape index (κ2) is 10.9. The summed E-state index contributed by atoms with van der Waals surface area (Å²) < 4.78 is 27.9. The van der Waals surface area contributed by atoms with Crippen molar-refractivity contribution in [3.05, 3.63) is 65.7 Å². The fraction of sp³-hybridized carbons (Fsp3) is 0.350. The van der Waals surface area contributed by atoms with E-state index in [1.165, 1.54) is 0 Å². The maximum Gasteiger partial charge on any atom is 0.133 e. The molecule has 0 heterocycles. The van der Waals surface area contributed by atoms with E-state index in [1.807, 2.05) is 54.6 Å². The van der Waals surface area contributed by atoms with E-state index in [0.717, 1.165) is 24.0 Å². The van der Waals surface area contributed by atoms with E-state index in [2.05, 4.69) is 11.3 Å². The number of ether oxygens (including phenoxy) is 2. The number of nitrogens with zero attached hydrogens (tertiary/aromatic N) is 1. The van der Waals surface area contributed by atoms with Crippen LogP contribution in [0.2, 0.25) is 0 Å². The van der Waals surface area contributed by atoms with Gasteiger partial charge >= 0.3 is 0 Å². The minimum absolute atomic E-state index is 0.285. The molecule has 5 heteroatoms. The molecule has 2 aromatic rings. The molecule has 0 radical (unpaired) electrons. The van der Waals surface area contributed by atoms with Gasteiger partial charge < -0.3 is 14.0 Å². The second-order valence-electron chi connectivity index (χ2n) is 5.60. The average molecular weight is 359 g/mol. The van der Waals surface area contributed by atoms with Crippen molar-refractivity contribution in [1.82, 2.24) is 0 Å². The molecule has 0 N–H and O–H groups in total. The van der Waals surface area contributed by atoms with Crippen LogP contribution in [0.5, 0.6) is 5.75 Å². The third-order valence-electron chi connectivity index (χ3n) is 3.65. The Bertz CT molecular complexity index is 661. The monoisotopic (exact) mass is 359 g/mol. The van der Waals surface area contributed by atoms with Crippen LogP contribution in [-0.2, 0) is 22.7 Å². The first-order valence-electron chi connectivity index (χ1n) is 8.45. The zero-order valence-corrected chi connectivity index (χ0v) is 15.6. The Labute approximate surface area is 153 Å². The molecule has 0 amide bonds. The Kier molecular flexibility index (Phi) is 8.52. The molecule has 0 saturated carbocycles. The van der Waals surface area contributed by atoms with Gasteiger partial charge in [0.2, 0.25) is 0 Å². The van der Waals surface area contributed by atoms with Gasteiger partial charge in [0, 0.05) is 5.56 Å². The van der Waals surface area contributed by atoms with Gasteiger partial charge in [-0.3, -0.25) is 0 Å². The molecule has 0 spiro atoms. The van der Waals surface area contributed by atoms with Crippen LogP contribution < -0.4 is 4.74 Å². The lowest BCUT2D eigenvalue weighted by atomic mass is 10.1. The summed E-state index contributed by atoms with van der Waals surface area (Å²) in [6, 6.07) is 17.6. The largest absolute Gasteiger partial charge is 0.591 e. The Hall–Kier alpha value is -1.82. The quantitative estimate of drug-likeness (QED) is 0.473. The van der Waals surface area contributed by atoms with Gasteiger partial charge in [-0.25, -0.2) is 0 Å². The molecule has 0 aliphatic rings. The van der Waals surface area contributed by atoms with E-state index in [-0.39, 0.29) is 6.61 Å². The van der Waals surface area contributed by atoms with Crippen molar-refractivity contribution in [2.45, 2.75) is 26.4 Å². The first kappa shape index (κ1) is 19.5. The predicted molar refractivity (Wildman–Crippen MR) is 104 cm³/mol. The summed E-state index contributed by atoms with van der Waals surface area (Å²) >= 11 is -1.26. The first-order valence-corrected chi connectivity index (χ1v) is 9.73. The Balaban J connectivity index is 2.12. The molecule has 4 nitrogen and oxygen atoms in total. The Morgan fingerprint density at radius 2 is 1.80 bits per heavy atom. The van der Waals surface area contributed by atoms with Crippen molar-refractivity contribution in [1.29, 1.82) is 0 Å². The molecule has 0 aromatic heterocycles. The molecule has 134 valence electrons. The zero-order chi connectivity index (χ0) is 17.9. The van der Waals surface area contributed by atoms with Crippen LogP contribution in [0.15, 0.2) is 59.0 Å². The maximum absolute atomic E-state index is 12.2. The summed E-state index contributed by atoms with van der Waals surface area (Å²) in [7, 11) is 1.62. The smallest absolute Gasteiger partial charge is 0.133 e. The summed E-state index contributed by atoms with van der Waals surface area (Å²) in [6.07, 6.45) is 1.88. The average Bonchev–Trinajstić information content (AvgIpc) is 2.66. The number of benzene rings is 2. The summed E-state index contributed by atoms with van der Waals surface area (Å²) in [4.78, 5) is 0. The number of unbranched alkanes of at least 4 members (excludes halogenated alkanes) is 1. The number of hydrogen-bond donors (Lipinski definition) is 0. The minimum Gasteiger partial charge on any atom is -0.591 e. The number of methoxy groups -OCH3 is 1. The van der Waals surface area contributed by atoms with E-state index in [4.69, 9.17) is 9.47 Å². The van der Waals surface area contributed by atoms with Gasteiger partial charge in [-0.1, -0.05) is 60.2 Å². The van der Waals surface area contributed by atoms with Crippen LogP contribution in [0.3, 0.4) is 0 Å². The van der Waals surface area contributed by atoms with E-state index < -0.39 is 11.4 Å². The van der Waals surface area contributed by atoms with Gasteiger partial charge in [0.1, 0.15) is 17.2 Å². The van der Waals surface area contributed by atoms with Crippen LogP contribution in [-0.4, -0.2) is 29.7 Å². The van der Waals surface area contributed by atoms with Crippen molar-refractivity contribution < 1.29 is 14.0 Å². The molecule has 0 saturated heterocycles. The molecule has 1 atom stereocenters. The molecule has 25 heavy (non-hydrogen) atoms. The van der Waals surface area contributed by atoms with Gasteiger partial charge in [-0.2, -0.15) is 0 Å². The molecule has 0 aliphatic carbocycles. The third kappa shape index (κ3) is 6.53. The summed E-state index contributed by atoms with van der Waals surface area (Å²) in [5.41, 5.74) is 2.57. The molecule has 0 aliphatic heterocycles. The zero-order valence-electron chi connectivity index (χ0n) is 14.8. The highest BCUT2D eigenvalue weighted by atomic mass is 32.2. The first-order chi connectivity index (χ1) is 12.2. The fourth-order valence-corrected chi connectivity index (χ4v) is 3.34. The standard InChI is InChI=1S/C20H25NO3S/c1-3-4-14-25(22)21-19(18-12-8-9-13-20(18)23-2)16-24-15-17-10-6-5-7-11-17/h5-13H,3-4,14-16H2,1-2H3. The van der Waals surface area contributed by atoms with Crippen molar-refractivity contribution in [2.24, 2.45) is 4.40 Å². The molecule has 2 aromatic carbocycles. The molecular weight excluding hydrogens is 334 g/mol. The predicted octanol–water partition coefficient (Wildman–Crippen LogP) is 4.16. The Morgan fingerprint density at radius 3 is 2.52 bits per heavy atom. The maximum atomic E-state index is 12.2. The van der Waals surface area contributed by atoms with Gasteiger partial charge in [-0.05, 0) is 24.1 Å². The Morgan fingerprint density at radius 1 is 1.08 bits per heavy atom. The topological polar surface area (TPSA) is 53.9 Å². The molecule has 1 unspecified atom stereocenters. The number of rotatable bonds is 10. The summed E-state index contributed by atoms with van der Waals surface area (Å²) in [5, 5.41) is 0. The minimum atomic E-state index is -1.26. The lowest BCUT2D eigenvalue weighted by Gasteiger charge is -2.12. The molecule has 0 bridgehead atoms. The lowest BCUT2D eigenvalue weighted by molar-refractivity contribution is 0.158. The molecule has 0 fully saturated rings. The third-order valence-corrected chi connectivity index (χ3v) is 4.71. The fourth-order valence-electron chi connectivity index (χ4n) is 2.31. The normalized spacial score (nSPS) is 12.8. The van der Waals surface area contributed by atoms with E-state index in [0.29, 0.717) is 23.8 Å². The van der Waals surface area contributed by atoms with Crippen LogP contribution in [0.4, 0.5) is 0 Å². The van der Waals surface area contributed by atoms with Gasteiger partial charge in [0.15, 0.2) is 0 Å². The van der Waals surface area contributed by atoms with Crippen LogP contribution >= 0.6 is 0 Å². The summed E-state index contributed by atoms with van der Waals surface area (Å²) in [6.45, 7) is 2.84. The van der Waals surface area contributed by atoms with E-state index >= 15 is 0 Å². The molecule has 2 rings (SSSR count). The van der Waals surface area contributed by atoms with Crippen molar-refractivity contribution in [3.63, 3.8) is 0 Å². The number of para-hydroxylation sites is 1. The highest BCUT2D eigenvalue weighted by molar-refractivity contribution is 7.90. The highest BCUT2D eigenvalue weighted by Gasteiger charge is 2.15. The highest BCUT2D eigenvalue weighted by Crippen LogP contribution is 2.20. The van der Waals surface area contributed by atoms with Crippen LogP contribution in [0.1, 0.15) is 30.9 Å². The van der Waals surface area contributed by atoms with Crippen molar-refractivity contribution in [3.8, 4) is 5.75 Å². The SMILES string of the molecule is CCCC[S+]([O-])N=C(COCc1ccccc1)c1ccccc1OC. The lowest BCUT2D eigenvalue weighted by Crippen LogP contribution is -2.16. The van der Waals surface area contributed by atoms with Crippen molar-refractivity contribution in [2.75, 3.05) is 19.5 Å². The second-order valence-corrected chi connectivity index (χ2v) is 6.83.